The van der Waals surface area contributed by atoms with Crippen molar-refractivity contribution in [3.8, 4) is 0 Å². The Hall–Kier alpha value is -1.72. The zero-order valence-corrected chi connectivity index (χ0v) is 13.1. The number of carboxylic acid groups (broad SMARTS) is 1. The topological polar surface area (TPSA) is 40.5 Å². The number of hydrogen-bond donors (Lipinski definition) is 1. The van der Waals surface area contributed by atoms with Gasteiger partial charge in [0.25, 0.3) is 0 Å². The van der Waals surface area contributed by atoms with Crippen LogP contribution in [-0.2, 0) is 13.1 Å². The number of nitrogens with zero attached hydrogens (tertiary/aromatic N) is 1. The highest BCUT2D eigenvalue weighted by Gasteiger charge is 2.10. The molecule has 2 rings (SSSR count). The lowest BCUT2D eigenvalue weighted by Crippen LogP contribution is -2.18. The normalized spacial score (nSPS) is 10.9. The second-order valence-corrected chi connectivity index (χ2v) is 5.83. The summed E-state index contributed by atoms with van der Waals surface area (Å²) in [6, 6.07) is 11.9. The summed E-state index contributed by atoms with van der Waals surface area (Å²) in [5.74, 6) is -1.61. The van der Waals surface area contributed by atoms with Crippen LogP contribution in [0.3, 0.4) is 0 Å². The third-order valence-electron chi connectivity index (χ3n) is 3.08. The first-order valence-corrected chi connectivity index (χ1v) is 7.19. The van der Waals surface area contributed by atoms with E-state index in [1.165, 1.54) is 12.1 Å². The zero-order chi connectivity index (χ0) is 15.4. The predicted molar refractivity (Wildman–Crippen MR) is 82.7 cm³/mol. The van der Waals surface area contributed by atoms with Crippen LogP contribution in [0.15, 0.2) is 46.9 Å². The minimum Gasteiger partial charge on any atom is -0.478 e. The fourth-order valence-corrected chi connectivity index (χ4v) is 2.55. The molecule has 0 radical (unpaired) electrons. The second-order valence-electron chi connectivity index (χ2n) is 4.91. The van der Waals surface area contributed by atoms with Crippen LogP contribution in [0.25, 0.3) is 0 Å². The van der Waals surface area contributed by atoms with Crippen LogP contribution < -0.4 is 0 Å². The zero-order valence-electron chi connectivity index (χ0n) is 11.5. The summed E-state index contributed by atoms with van der Waals surface area (Å²) in [6.07, 6.45) is 0. The first kappa shape index (κ1) is 15.7. The van der Waals surface area contributed by atoms with E-state index in [0.717, 1.165) is 16.1 Å². The molecule has 0 amide bonds. The van der Waals surface area contributed by atoms with E-state index >= 15 is 0 Å². The lowest BCUT2D eigenvalue weighted by Gasteiger charge is -2.17. The Balaban J connectivity index is 2.06. The van der Waals surface area contributed by atoms with Gasteiger partial charge in [-0.05, 0) is 36.9 Å². The van der Waals surface area contributed by atoms with E-state index in [0.29, 0.717) is 18.7 Å². The average molecular weight is 352 g/mol. The lowest BCUT2D eigenvalue weighted by molar-refractivity contribution is 0.0696. The van der Waals surface area contributed by atoms with Crippen LogP contribution >= 0.6 is 15.9 Å². The predicted octanol–water partition coefficient (Wildman–Crippen LogP) is 3.92. The molecule has 110 valence electrons. The summed E-state index contributed by atoms with van der Waals surface area (Å²) in [6.45, 7) is 1.10. The fraction of sp³-hybridized carbons (Fsp3) is 0.188. The molecule has 0 bridgehead atoms. The van der Waals surface area contributed by atoms with Crippen molar-refractivity contribution in [1.29, 1.82) is 0 Å². The van der Waals surface area contributed by atoms with Crippen LogP contribution in [0, 0.1) is 5.82 Å². The highest BCUT2D eigenvalue weighted by atomic mass is 79.9. The molecule has 0 fully saturated rings. The number of hydrogen-bond acceptors (Lipinski definition) is 2. The van der Waals surface area contributed by atoms with E-state index in [1.54, 1.807) is 0 Å². The number of rotatable bonds is 5. The molecule has 0 saturated heterocycles. The summed E-state index contributed by atoms with van der Waals surface area (Å²) < 4.78 is 14.9. The van der Waals surface area contributed by atoms with E-state index in [2.05, 4.69) is 15.9 Å². The first-order chi connectivity index (χ1) is 9.95. The highest BCUT2D eigenvalue weighted by molar-refractivity contribution is 9.10. The van der Waals surface area contributed by atoms with Gasteiger partial charge in [0.05, 0.1) is 5.56 Å². The molecule has 1 N–H and O–H groups in total. The van der Waals surface area contributed by atoms with Gasteiger partial charge in [0.15, 0.2) is 0 Å². The molecule has 0 spiro atoms. The molecule has 0 unspecified atom stereocenters. The molecule has 3 nitrogen and oxygen atoms in total. The highest BCUT2D eigenvalue weighted by Crippen LogP contribution is 2.16. The number of carbonyl (C=O) groups is 1. The summed E-state index contributed by atoms with van der Waals surface area (Å²) >= 11 is 3.42. The summed E-state index contributed by atoms with van der Waals surface area (Å²) in [4.78, 5) is 12.8. The molecule has 0 saturated carbocycles. The average Bonchev–Trinajstić information content (AvgIpc) is 2.40. The Morgan fingerprint density at radius 3 is 2.62 bits per heavy atom. The van der Waals surface area contributed by atoms with Crippen LogP contribution in [0.1, 0.15) is 21.5 Å². The van der Waals surface area contributed by atoms with Crippen molar-refractivity contribution in [2.24, 2.45) is 0 Å². The van der Waals surface area contributed by atoms with E-state index in [9.17, 15) is 9.18 Å². The SMILES string of the molecule is CN(Cc1cccc(Br)c1)Cc1ccc(C(=O)O)cc1F. The van der Waals surface area contributed by atoms with E-state index in [4.69, 9.17) is 5.11 Å². The Kier molecular flexibility index (Phi) is 5.09. The molecule has 0 aliphatic rings. The Labute approximate surface area is 131 Å². The molecule has 21 heavy (non-hydrogen) atoms. The van der Waals surface area contributed by atoms with Crippen molar-refractivity contribution in [1.82, 2.24) is 4.90 Å². The van der Waals surface area contributed by atoms with Crippen LogP contribution in [-0.4, -0.2) is 23.0 Å². The van der Waals surface area contributed by atoms with Crippen LogP contribution in [0.5, 0.6) is 0 Å². The van der Waals surface area contributed by atoms with Gasteiger partial charge >= 0.3 is 5.97 Å². The Morgan fingerprint density at radius 1 is 1.24 bits per heavy atom. The summed E-state index contributed by atoms with van der Waals surface area (Å²) in [7, 11) is 1.89. The number of benzene rings is 2. The molecule has 0 aliphatic carbocycles. The molecule has 0 aromatic heterocycles. The molecule has 0 atom stereocenters. The van der Waals surface area contributed by atoms with Crippen molar-refractivity contribution in [3.63, 3.8) is 0 Å². The van der Waals surface area contributed by atoms with Gasteiger partial charge < -0.3 is 5.11 Å². The summed E-state index contributed by atoms with van der Waals surface area (Å²) in [5, 5.41) is 8.82. The third kappa shape index (κ3) is 4.37. The molecule has 2 aromatic carbocycles. The molecule has 0 aliphatic heterocycles. The van der Waals surface area contributed by atoms with Crippen molar-refractivity contribution < 1.29 is 14.3 Å². The quantitative estimate of drug-likeness (QED) is 0.887. The van der Waals surface area contributed by atoms with Gasteiger partial charge in [-0.1, -0.05) is 34.1 Å². The smallest absolute Gasteiger partial charge is 0.335 e. The minimum absolute atomic E-state index is 0.0362. The molecular weight excluding hydrogens is 337 g/mol. The Bertz CT molecular complexity index is 660. The molecule has 0 heterocycles. The van der Waals surface area contributed by atoms with Crippen molar-refractivity contribution >= 4 is 21.9 Å². The van der Waals surface area contributed by atoms with Gasteiger partial charge in [-0.15, -0.1) is 0 Å². The number of halogens is 2. The largest absolute Gasteiger partial charge is 0.478 e. The fourth-order valence-electron chi connectivity index (χ4n) is 2.10. The minimum atomic E-state index is -1.12. The van der Waals surface area contributed by atoms with Gasteiger partial charge in [-0.3, -0.25) is 4.90 Å². The molecule has 5 heteroatoms. The van der Waals surface area contributed by atoms with Gasteiger partial charge in [0.1, 0.15) is 5.82 Å². The van der Waals surface area contributed by atoms with Crippen LogP contribution in [0.4, 0.5) is 4.39 Å². The lowest BCUT2D eigenvalue weighted by atomic mass is 10.1. The van der Waals surface area contributed by atoms with Crippen molar-refractivity contribution in [2.75, 3.05) is 7.05 Å². The van der Waals surface area contributed by atoms with E-state index in [1.807, 2.05) is 36.2 Å². The van der Waals surface area contributed by atoms with Gasteiger partial charge in [-0.2, -0.15) is 0 Å². The van der Waals surface area contributed by atoms with Crippen molar-refractivity contribution in [2.45, 2.75) is 13.1 Å². The van der Waals surface area contributed by atoms with Gasteiger partial charge in [-0.25, -0.2) is 9.18 Å². The maximum Gasteiger partial charge on any atom is 0.335 e. The third-order valence-corrected chi connectivity index (χ3v) is 3.58. The van der Waals surface area contributed by atoms with Crippen LogP contribution in [0.2, 0.25) is 0 Å². The van der Waals surface area contributed by atoms with E-state index < -0.39 is 11.8 Å². The number of carboxylic acids is 1. The molecular formula is C16H15BrFNO2. The molecule has 2 aromatic rings. The second kappa shape index (κ2) is 6.83. The summed E-state index contributed by atoms with van der Waals surface area (Å²) in [5.41, 5.74) is 1.57. The first-order valence-electron chi connectivity index (χ1n) is 6.40. The van der Waals surface area contributed by atoms with Gasteiger partial charge in [0.2, 0.25) is 0 Å². The maximum absolute atomic E-state index is 13.9. The Morgan fingerprint density at radius 2 is 2.00 bits per heavy atom. The standard InChI is InChI=1S/C16H15BrFNO2/c1-19(9-11-3-2-4-14(17)7-11)10-13-6-5-12(16(20)21)8-15(13)18/h2-8H,9-10H2,1H3,(H,20,21). The maximum atomic E-state index is 13.9. The number of aromatic carboxylic acids is 1. The monoisotopic (exact) mass is 351 g/mol. The van der Waals surface area contributed by atoms with Crippen molar-refractivity contribution in [3.05, 3.63) is 69.4 Å². The van der Waals surface area contributed by atoms with E-state index in [-0.39, 0.29) is 5.56 Å². The van der Waals surface area contributed by atoms with Gasteiger partial charge in [0, 0.05) is 23.1 Å².